The summed E-state index contributed by atoms with van der Waals surface area (Å²) in [5.74, 6) is -1.25. The van der Waals surface area contributed by atoms with Gasteiger partial charge in [0.15, 0.2) is 6.10 Å². The van der Waals surface area contributed by atoms with Gasteiger partial charge in [-0.05, 0) is 5.92 Å². The van der Waals surface area contributed by atoms with Crippen molar-refractivity contribution in [3.63, 3.8) is 0 Å². The maximum Gasteiger partial charge on any atom is 0.335 e. The van der Waals surface area contributed by atoms with Crippen LogP contribution in [0, 0.1) is 5.92 Å². The van der Waals surface area contributed by atoms with E-state index in [1.54, 1.807) is 13.8 Å². The summed E-state index contributed by atoms with van der Waals surface area (Å²) in [6.07, 6.45) is -2.06. The van der Waals surface area contributed by atoms with Gasteiger partial charge >= 0.3 is 5.97 Å². The first-order valence-corrected chi connectivity index (χ1v) is 3.44. The predicted octanol–water partition coefficient (Wildman–Crippen LogP) is 0.103. The van der Waals surface area contributed by atoms with E-state index in [9.17, 15) is 4.79 Å². The minimum atomic E-state index is -1.43. The maximum atomic E-state index is 10.3. The topological polar surface area (TPSA) is 66.8 Å². The van der Waals surface area contributed by atoms with Crippen LogP contribution in [0.5, 0.6) is 0 Å². The van der Waals surface area contributed by atoms with E-state index >= 15 is 0 Å². The van der Waals surface area contributed by atoms with Crippen LogP contribution in [-0.2, 0) is 9.53 Å². The van der Waals surface area contributed by atoms with Crippen LogP contribution < -0.4 is 0 Å². The molecule has 0 saturated carbocycles. The van der Waals surface area contributed by atoms with E-state index in [0.717, 1.165) is 0 Å². The molecule has 0 aromatic carbocycles. The molecule has 0 aromatic heterocycles. The third kappa shape index (κ3) is 2.86. The fourth-order valence-electron chi connectivity index (χ4n) is 0.906. The molecule has 0 unspecified atom stereocenters. The average Bonchev–Trinajstić information content (AvgIpc) is 1.88. The number of rotatable bonds is 4. The van der Waals surface area contributed by atoms with E-state index in [-0.39, 0.29) is 5.92 Å². The highest BCUT2D eigenvalue weighted by Gasteiger charge is 2.27. The van der Waals surface area contributed by atoms with Crippen LogP contribution >= 0.6 is 0 Å². The fraction of sp³-hybridized carbons (Fsp3) is 0.857. The first-order chi connectivity index (χ1) is 5.00. The minimum Gasteiger partial charge on any atom is -0.479 e. The zero-order valence-electron chi connectivity index (χ0n) is 6.94. The zero-order valence-corrected chi connectivity index (χ0v) is 6.94. The SMILES string of the molecule is CO[C@@H](C(C)C)[C@H](O)C(=O)O. The van der Waals surface area contributed by atoms with Gasteiger partial charge in [-0.3, -0.25) is 0 Å². The van der Waals surface area contributed by atoms with Crippen LogP contribution in [0.15, 0.2) is 0 Å². The Morgan fingerprint density at radius 2 is 1.91 bits per heavy atom. The average molecular weight is 162 g/mol. The number of aliphatic hydroxyl groups is 1. The summed E-state index contributed by atoms with van der Waals surface area (Å²) in [6.45, 7) is 3.58. The minimum absolute atomic E-state index is 0.00824. The molecule has 0 aliphatic rings. The molecule has 0 aliphatic carbocycles. The number of carbonyl (C=O) groups is 1. The molecule has 0 bridgehead atoms. The van der Waals surface area contributed by atoms with Gasteiger partial charge in [-0.1, -0.05) is 13.8 Å². The van der Waals surface area contributed by atoms with Gasteiger partial charge < -0.3 is 14.9 Å². The highest BCUT2D eigenvalue weighted by Crippen LogP contribution is 2.10. The van der Waals surface area contributed by atoms with Crippen LogP contribution in [0.25, 0.3) is 0 Å². The fourth-order valence-corrected chi connectivity index (χ4v) is 0.906. The van der Waals surface area contributed by atoms with Crippen molar-refractivity contribution in [2.24, 2.45) is 5.92 Å². The molecule has 0 aromatic rings. The summed E-state index contributed by atoms with van der Waals surface area (Å²) >= 11 is 0. The van der Waals surface area contributed by atoms with Gasteiger partial charge in [-0.15, -0.1) is 0 Å². The van der Waals surface area contributed by atoms with Crippen molar-refractivity contribution in [1.82, 2.24) is 0 Å². The number of carboxylic acids is 1. The summed E-state index contributed by atoms with van der Waals surface area (Å²) in [5.41, 5.74) is 0. The summed E-state index contributed by atoms with van der Waals surface area (Å²) < 4.78 is 4.80. The van der Waals surface area contributed by atoms with E-state index in [4.69, 9.17) is 14.9 Å². The smallest absolute Gasteiger partial charge is 0.335 e. The number of hydrogen-bond donors (Lipinski definition) is 2. The molecule has 0 heterocycles. The summed E-state index contributed by atoms with van der Waals surface area (Å²) in [6, 6.07) is 0. The highest BCUT2D eigenvalue weighted by molar-refractivity contribution is 5.72. The molecule has 4 heteroatoms. The number of methoxy groups -OCH3 is 1. The van der Waals surface area contributed by atoms with Gasteiger partial charge in [0, 0.05) is 7.11 Å². The van der Waals surface area contributed by atoms with Crippen molar-refractivity contribution in [1.29, 1.82) is 0 Å². The van der Waals surface area contributed by atoms with Crippen LogP contribution in [0.2, 0.25) is 0 Å². The highest BCUT2D eigenvalue weighted by atomic mass is 16.5. The second-order valence-corrected chi connectivity index (χ2v) is 2.73. The third-order valence-electron chi connectivity index (χ3n) is 1.49. The lowest BCUT2D eigenvalue weighted by Crippen LogP contribution is -2.38. The van der Waals surface area contributed by atoms with Crippen LogP contribution in [0.3, 0.4) is 0 Å². The molecule has 4 nitrogen and oxygen atoms in total. The van der Waals surface area contributed by atoms with Crippen molar-refractivity contribution >= 4 is 5.97 Å². The van der Waals surface area contributed by atoms with E-state index in [2.05, 4.69) is 0 Å². The Morgan fingerprint density at radius 1 is 1.45 bits per heavy atom. The Labute approximate surface area is 65.8 Å². The Kier molecular flexibility index (Phi) is 4.07. The molecule has 0 spiro atoms. The first kappa shape index (κ1) is 10.4. The molecule has 2 atom stereocenters. The summed E-state index contributed by atoms with van der Waals surface area (Å²) in [4.78, 5) is 10.3. The molecule has 2 N–H and O–H groups in total. The molecule has 0 rings (SSSR count). The molecule has 66 valence electrons. The van der Waals surface area contributed by atoms with E-state index in [0.29, 0.717) is 0 Å². The molecule has 11 heavy (non-hydrogen) atoms. The van der Waals surface area contributed by atoms with Gasteiger partial charge in [0.05, 0.1) is 6.10 Å². The lowest BCUT2D eigenvalue weighted by Gasteiger charge is -2.21. The van der Waals surface area contributed by atoms with Crippen LogP contribution in [0.1, 0.15) is 13.8 Å². The lowest BCUT2D eigenvalue weighted by molar-refractivity contribution is -0.156. The summed E-state index contributed by atoms with van der Waals surface area (Å²) in [5, 5.41) is 17.4. The predicted molar refractivity (Wildman–Crippen MR) is 39.3 cm³/mol. The Balaban J connectivity index is 4.13. The Hall–Kier alpha value is -0.610. The van der Waals surface area contributed by atoms with Gasteiger partial charge in [-0.2, -0.15) is 0 Å². The summed E-state index contributed by atoms with van der Waals surface area (Å²) in [7, 11) is 1.39. The van der Waals surface area contributed by atoms with Gasteiger partial charge in [0.2, 0.25) is 0 Å². The molecule has 0 aliphatic heterocycles. The van der Waals surface area contributed by atoms with Crippen molar-refractivity contribution in [2.75, 3.05) is 7.11 Å². The second-order valence-electron chi connectivity index (χ2n) is 2.73. The largest absolute Gasteiger partial charge is 0.479 e. The monoisotopic (exact) mass is 162 g/mol. The molecule has 0 saturated heterocycles. The Morgan fingerprint density at radius 3 is 2.00 bits per heavy atom. The normalized spacial score (nSPS) is 16.5. The van der Waals surface area contributed by atoms with Crippen LogP contribution in [-0.4, -0.2) is 35.5 Å². The number of aliphatic carboxylic acids is 1. The third-order valence-corrected chi connectivity index (χ3v) is 1.49. The number of hydrogen-bond acceptors (Lipinski definition) is 3. The molecular formula is C7H14O4. The number of aliphatic hydroxyl groups excluding tert-OH is 1. The van der Waals surface area contributed by atoms with Gasteiger partial charge in [0.1, 0.15) is 0 Å². The Bertz CT molecular complexity index is 132. The van der Waals surface area contributed by atoms with Gasteiger partial charge in [0.25, 0.3) is 0 Å². The standard InChI is InChI=1S/C7H14O4/c1-4(2)6(11-3)5(8)7(9)10/h4-6,8H,1-3H3,(H,9,10)/t5-,6-/m0/s1. The van der Waals surface area contributed by atoms with E-state index in [1.165, 1.54) is 7.11 Å². The maximum absolute atomic E-state index is 10.3. The van der Waals surface area contributed by atoms with E-state index in [1.807, 2.05) is 0 Å². The van der Waals surface area contributed by atoms with E-state index < -0.39 is 18.2 Å². The van der Waals surface area contributed by atoms with Crippen molar-refractivity contribution < 1.29 is 19.7 Å². The van der Waals surface area contributed by atoms with Crippen LogP contribution in [0.4, 0.5) is 0 Å². The number of ether oxygens (including phenoxy) is 1. The quantitative estimate of drug-likeness (QED) is 0.615. The molecule has 0 radical (unpaired) electrons. The van der Waals surface area contributed by atoms with Crippen molar-refractivity contribution in [3.8, 4) is 0 Å². The molecular weight excluding hydrogens is 148 g/mol. The molecule has 0 fully saturated rings. The van der Waals surface area contributed by atoms with Crippen molar-refractivity contribution in [2.45, 2.75) is 26.1 Å². The number of carboxylic acid groups (broad SMARTS) is 1. The van der Waals surface area contributed by atoms with Crippen molar-refractivity contribution in [3.05, 3.63) is 0 Å². The molecule has 0 amide bonds. The first-order valence-electron chi connectivity index (χ1n) is 3.44. The van der Waals surface area contributed by atoms with Gasteiger partial charge in [-0.25, -0.2) is 4.79 Å². The zero-order chi connectivity index (χ0) is 9.02. The lowest BCUT2D eigenvalue weighted by atomic mass is 10.0. The second kappa shape index (κ2) is 4.31.